The zero-order chi connectivity index (χ0) is 13.1. The summed E-state index contributed by atoms with van der Waals surface area (Å²) in [6.07, 6.45) is 1.93. The smallest absolute Gasteiger partial charge is 0.227 e. The molecule has 4 N–H and O–H groups in total. The molecule has 1 saturated carbocycles. The molecule has 2 rings (SSSR count). The molecule has 3 atom stereocenters. The average Bonchev–Trinajstić information content (AvgIpc) is 2.76. The molecule has 1 amide bonds. The monoisotopic (exact) mass is 248 g/mol. The van der Waals surface area contributed by atoms with Crippen LogP contribution < -0.4 is 11.1 Å². The number of nitrogens with one attached hydrogen (secondary N) is 1. The maximum atomic E-state index is 12.1. The van der Waals surface area contributed by atoms with E-state index >= 15 is 0 Å². The van der Waals surface area contributed by atoms with Gasteiger partial charge in [0.1, 0.15) is 0 Å². The van der Waals surface area contributed by atoms with Crippen molar-refractivity contribution in [3.63, 3.8) is 0 Å². The number of rotatable bonds is 3. The Morgan fingerprint density at radius 2 is 2.17 bits per heavy atom. The van der Waals surface area contributed by atoms with Crippen molar-refractivity contribution in [3.05, 3.63) is 29.8 Å². The molecule has 1 fully saturated rings. The molecular formula is C14H20N2O2. The standard InChI is InChI=1S/C14H20N2O2/c1-9(17)12-4-2-3-5-13(12)16-14(18)10-6-7-11(15)8-10/h2-5,9-11,17H,6-8,15H2,1H3,(H,16,18). The second-order valence-corrected chi connectivity index (χ2v) is 5.02. The van der Waals surface area contributed by atoms with Crippen LogP contribution >= 0.6 is 0 Å². The van der Waals surface area contributed by atoms with Crippen LogP contribution in [0.15, 0.2) is 24.3 Å². The van der Waals surface area contributed by atoms with E-state index < -0.39 is 6.10 Å². The second-order valence-electron chi connectivity index (χ2n) is 5.02. The van der Waals surface area contributed by atoms with Crippen LogP contribution in [0.5, 0.6) is 0 Å². The van der Waals surface area contributed by atoms with Gasteiger partial charge in [-0.1, -0.05) is 18.2 Å². The first-order chi connectivity index (χ1) is 8.58. The second kappa shape index (κ2) is 5.50. The van der Waals surface area contributed by atoms with Gasteiger partial charge < -0.3 is 16.2 Å². The van der Waals surface area contributed by atoms with Gasteiger partial charge in [0.05, 0.1) is 6.10 Å². The Morgan fingerprint density at radius 3 is 2.78 bits per heavy atom. The highest BCUT2D eigenvalue weighted by atomic mass is 16.3. The van der Waals surface area contributed by atoms with Gasteiger partial charge >= 0.3 is 0 Å². The molecule has 18 heavy (non-hydrogen) atoms. The van der Waals surface area contributed by atoms with Gasteiger partial charge in [-0.15, -0.1) is 0 Å². The van der Waals surface area contributed by atoms with Gasteiger partial charge in [-0.2, -0.15) is 0 Å². The number of nitrogens with two attached hydrogens (primary N) is 1. The fourth-order valence-electron chi connectivity index (χ4n) is 2.46. The molecule has 0 bridgehead atoms. The highest BCUT2D eigenvalue weighted by Gasteiger charge is 2.28. The summed E-state index contributed by atoms with van der Waals surface area (Å²) >= 11 is 0. The van der Waals surface area contributed by atoms with Crippen molar-refractivity contribution in [1.29, 1.82) is 0 Å². The van der Waals surface area contributed by atoms with Crippen molar-refractivity contribution < 1.29 is 9.90 Å². The van der Waals surface area contributed by atoms with Gasteiger partial charge in [0, 0.05) is 23.2 Å². The number of hydrogen-bond acceptors (Lipinski definition) is 3. The van der Waals surface area contributed by atoms with Crippen molar-refractivity contribution in [3.8, 4) is 0 Å². The Balaban J connectivity index is 2.07. The van der Waals surface area contributed by atoms with Crippen molar-refractivity contribution in [2.75, 3.05) is 5.32 Å². The minimum atomic E-state index is -0.590. The summed E-state index contributed by atoms with van der Waals surface area (Å²) < 4.78 is 0. The summed E-state index contributed by atoms with van der Waals surface area (Å²) in [4.78, 5) is 12.1. The number of para-hydroxylation sites is 1. The fraction of sp³-hybridized carbons (Fsp3) is 0.500. The Morgan fingerprint density at radius 1 is 1.44 bits per heavy atom. The van der Waals surface area contributed by atoms with E-state index in [1.54, 1.807) is 6.92 Å². The molecule has 0 radical (unpaired) electrons. The summed E-state index contributed by atoms with van der Waals surface area (Å²) in [5, 5.41) is 12.6. The van der Waals surface area contributed by atoms with E-state index in [1.165, 1.54) is 0 Å². The first kappa shape index (κ1) is 13.1. The maximum absolute atomic E-state index is 12.1. The van der Waals surface area contributed by atoms with Gasteiger partial charge in [0.25, 0.3) is 0 Å². The SMILES string of the molecule is CC(O)c1ccccc1NC(=O)C1CCC(N)C1. The maximum Gasteiger partial charge on any atom is 0.227 e. The third-order valence-electron chi connectivity index (χ3n) is 3.51. The molecule has 0 aromatic heterocycles. The lowest BCUT2D eigenvalue weighted by Crippen LogP contribution is -2.23. The van der Waals surface area contributed by atoms with Crippen LogP contribution in [0, 0.1) is 5.92 Å². The van der Waals surface area contributed by atoms with Gasteiger partial charge in [-0.25, -0.2) is 0 Å². The lowest BCUT2D eigenvalue weighted by molar-refractivity contribution is -0.119. The number of amides is 1. The molecule has 1 aliphatic carbocycles. The predicted molar refractivity (Wildman–Crippen MR) is 71.0 cm³/mol. The van der Waals surface area contributed by atoms with Crippen LogP contribution in [0.4, 0.5) is 5.69 Å². The number of aliphatic hydroxyl groups is 1. The molecule has 1 aliphatic rings. The lowest BCUT2D eigenvalue weighted by Gasteiger charge is -2.15. The summed E-state index contributed by atoms with van der Waals surface area (Å²) in [6.45, 7) is 1.69. The summed E-state index contributed by atoms with van der Waals surface area (Å²) in [5.74, 6) is 0.0121. The van der Waals surface area contributed by atoms with Crippen molar-refractivity contribution in [1.82, 2.24) is 0 Å². The number of aliphatic hydroxyl groups excluding tert-OH is 1. The fourth-order valence-corrected chi connectivity index (χ4v) is 2.46. The molecule has 0 heterocycles. The third kappa shape index (κ3) is 2.89. The summed E-state index contributed by atoms with van der Waals surface area (Å²) in [5.41, 5.74) is 7.25. The number of carbonyl (C=O) groups is 1. The summed E-state index contributed by atoms with van der Waals surface area (Å²) in [6, 6.07) is 7.48. The van der Waals surface area contributed by atoms with Gasteiger partial charge in [-0.05, 0) is 32.3 Å². The molecule has 98 valence electrons. The van der Waals surface area contributed by atoms with Gasteiger partial charge in [0.2, 0.25) is 5.91 Å². The molecule has 0 aliphatic heterocycles. The minimum Gasteiger partial charge on any atom is -0.389 e. The van der Waals surface area contributed by atoms with Crippen LogP contribution in [0.25, 0.3) is 0 Å². The number of benzene rings is 1. The van der Waals surface area contributed by atoms with E-state index in [4.69, 9.17) is 5.73 Å². The Labute approximate surface area is 107 Å². The number of carbonyl (C=O) groups excluding carboxylic acids is 1. The molecule has 3 unspecified atom stereocenters. The Bertz CT molecular complexity index is 432. The Kier molecular flexibility index (Phi) is 3.99. The van der Waals surface area contributed by atoms with Crippen molar-refractivity contribution in [2.24, 2.45) is 11.7 Å². The van der Waals surface area contributed by atoms with Crippen molar-refractivity contribution in [2.45, 2.75) is 38.3 Å². The third-order valence-corrected chi connectivity index (χ3v) is 3.51. The van der Waals surface area contributed by atoms with Gasteiger partial charge in [0.15, 0.2) is 0 Å². The lowest BCUT2D eigenvalue weighted by atomic mass is 10.0. The molecule has 1 aromatic rings. The van der Waals surface area contributed by atoms with Crippen LogP contribution in [-0.2, 0) is 4.79 Å². The number of anilines is 1. The largest absolute Gasteiger partial charge is 0.389 e. The quantitative estimate of drug-likeness (QED) is 0.763. The zero-order valence-electron chi connectivity index (χ0n) is 10.6. The normalized spacial score (nSPS) is 24.8. The van der Waals surface area contributed by atoms with Crippen LogP contribution in [0.1, 0.15) is 37.9 Å². The first-order valence-corrected chi connectivity index (χ1v) is 6.41. The van der Waals surface area contributed by atoms with Crippen LogP contribution in [0.3, 0.4) is 0 Å². The molecule has 4 nitrogen and oxygen atoms in total. The zero-order valence-corrected chi connectivity index (χ0v) is 10.6. The van der Waals surface area contributed by atoms with E-state index in [-0.39, 0.29) is 17.9 Å². The molecule has 1 aromatic carbocycles. The first-order valence-electron chi connectivity index (χ1n) is 6.41. The molecule has 0 saturated heterocycles. The minimum absolute atomic E-state index is 0.00190. The number of hydrogen-bond donors (Lipinski definition) is 3. The van der Waals surface area contributed by atoms with Crippen molar-refractivity contribution >= 4 is 11.6 Å². The topological polar surface area (TPSA) is 75.3 Å². The van der Waals surface area contributed by atoms with E-state index in [9.17, 15) is 9.90 Å². The predicted octanol–water partition coefficient (Wildman–Crippen LogP) is 1.81. The Hall–Kier alpha value is -1.39. The molecule has 0 spiro atoms. The highest BCUT2D eigenvalue weighted by molar-refractivity contribution is 5.93. The highest BCUT2D eigenvalue weighted by Crippen LogP contribution is 2.27. The average molecular weight is 248 g/mol. The van der Waals surface area contributed by atoms with Crippen LogP contribution in [-0.4, -0.2) is 17.1 Å². The van der Waals surface area contributed by atoms with E-state index in [2.05, 4.69) is 5.32 Å². The van der Waals surface area contributed by atoms with Gasteiger partial charge in [-0.3, -0.25) is 4.79 Å². The van der Waals surface area contributed by atoms with Crippen LogP contribution in [0.2, 0.25) is 0 Å². The van der Waals surface area contributed by atoms with E-state index in [0.29, 0.717) is 5.69 Å². The van der Waals surface area contributed by atoms with E-state index in [0.717, 1.165) is 24.8 Å². The summed E-state index contributed by atoms with van der Waals surface area (Å²) in [7, 11) is 0. The molecule has 4 heteroatoms. The van der Waals surface area contributed by atoms with E-state index in [1.807, 2.05) is 24.3 Å². The molecular weight excluding hydrogens is 228 g/mol.